The smallest absolute Gasteiger partial charge is 0.437 e. The van der Waals surface area contributed by atoms with Crippen LogP contribution >= 0.6 is 23.2 Å². The first-order valence-electron chi connectivity index (χ1n) is 24.2. The number of aromatic nitrogens is 8. The summed E-state index contributed by atoms with van der Waals surface area (Å²) in [7, 11) is 3.01. The number of ether oxygens (including phenoxy) is 5. The van der Waals surface area contributed by atoms with Crippen LogP contribution in [-0.2, 0) is 43.3 Å². The number of hydrogen-bond acceptors (Lipinski definition) is 16. The summed E-state index contributed by atoms with van der Waals surface area (Å²) in [6, 6.07) is 26.8. The lowest BCUT2D eigenvalue weighted by Gasteiger charge is -2.16. The van der Waals surface area contributed by atoms with Gasteiger partial charge in [0.05, 0.1) is 105 Å². The molecule has 84 heavy (non-hydrogen) atoms. The molecule has 0 fully saturated rings. The second-order valence-electron chi connectivity index (χ2n) is 17.6. The van der Waals surface area contributed by atoms with Gasteiger partial charge >= 0.3 is 12.4 Å². The summed E-state index contributed by atoms with van der Waals surface area (Å²) in [6.45, 7) is 6.02. The monoisotopic (exact) mass is 1200 g/mol. The largest absolute Gasteiger partial charge is 0.497 e. The zero-order valence-corrected chi connectivity index (χ0v) is 45.7. The number of carbonyl (C=O) groups excluding carboxylic acids is 1. The van der Waals surface area contributed by atoms with E-state index in [9.17, 15) is 55.6 Å². The number of carbonyl (C=O) groups is 1. The Balaban J connectivity index is 0.000000241. The second-order valence-corrected chi connectivity index (χ2v) is 18.5. The molecule has 20 nitrogen and oxygen atoms in total. The summed E-state index contributed by atoms with van der Waals surface area (Å²) in [6.07, 6.45) is -8.74. The molecule has 0 spiro atoms. The molecule has 4 aromatic carbocycles. The quantitative estimate of drug-likeness (QED) is 0.0440. The lowest BCUT2D eigenvalue weighted by Crippen LogP contribution is -2.31. The lowest BCUT2D eigenvalue weighted by atomic mass is 10.1. The SMILES string of the molecule is C=C(OCC)c1cc(Cn2cnc(C(F)(F)F)c(Oc3cc(Cl)cc(C#N)c3)c2=O)nn(Cc2ccc(OC)cc2)c1=O.COc1ccc(Cn2nc(Cn3cnc(C(F)(F)F)c(Oc4cc(Cl)cc(C#N)c4)c3=O)cc(C(C)=O)c2=O)cc1. The molecule has 0 radical (unpaired) electrons. The summed E-state index contributed by atoms with van der Waals surface area (Å²) < 4.78 is 113. The maximum absolute atomic E-state index is 13.8. The van der Waals surface area contributed by atoms with Crippen molar-refractivity contribution in [1.29, 1.82) is 10.5 Å². The number of nitrogens with zero attached hydrogens (tertiary/aromatic N) is 10. The Morgan fingerprint density at radius 3 is 1.33 bits per heavy atom. The molecule has 0 aliphatic carbocycles. The summed E-state index contributed by atoms with van der Waals surface area (Å²) in [5, 5.41) is 26.9. The van der Waals surface area contributed by atoms with E-state index in [0.717, 1.165) is 48.8 Å². The van der Waals surface area contributed by atoms with Crippen molar-refractivity contribution >= 4 is 34.7 Å². The Hall–Kier alpha value is -10.1. The minimum atomic E-state index is -5.06. The van der Waals surface area contributed by atoms with Gasteiger partial charge < -0.3 is 23.7 Å². The molecule has 0 aliphatic heterocycles. The number of nitriles is 2. The van der Waals surface area contributed by atoms with Crippen molar-refractivity contribution in [1.82, 2.24) is 38.7 Å². The Labute approximate surface area is 480 Å². The van der Waals surface area contributed by atoms with Crippen LogP contribution in [0.15, 0.2) is 135 Å². The zero-order chi connectivity index (χ0) is 61.2. The molecule has 0 N–H and O–H groups in total. The molecule has 4 aromatic heterocycles. The predicted molar refractivity (Wildman–Crippen MR) is 290 cm³/mol. The van der Waals surface area contributed by atoms with Gasteiger partial charge in [0, 0.05) is 10.0 Å². The first kappa shape index (κ1) is 61.6. The van der Waals surface area contributed by atoms with Gasteiger partial charge in [0.25, 0.3) is 22.2 Å². The van der Waals surface area contributed by atoms with Crippen molar-refractivity contribution in [3.8, 4) is 46.6 Å². The lowest BCUT2D eigenvalue weighted by molar-refractivity contribution is -0.143. The minimum Gasteiger partial charge on any atom is -0.497 e. The van der Waals surface area contributed by atoms with Gasteiger partial charge in [0.1, 0.15) is 28.8 Å². The molecule has 0 aliphatic rings. The average Bonchev–Trinajstić information content (AvgIpc) is 3.55. The van der Waals surface area contributed by atoms with Crippen molar-refractivity contribution in [3.05, 3.63) is 224 Å². The number of methoxy groups -OCH3 is 2. The van der Waals surface area contributed by atoms with E-state index in [1.54, 1.807) is 61.5 Å². The van der Waals surface area contributed by atoms with Crippen LogP contribution in [0.1, 0.15) is 74.8 Å². The van der Waals surface area contributed by atoms with Gasteiger partial charge in [-0.25, -0.2) is 19.3 Å². The fourth-order valence-corrected chi connectivity index (χ4v) is 8.23. The number of rotatable bonds is 18. The van der Waals surface area contributed by atoms with Gasteiger partial charge in [0.15, 0.2) is 17.2 Å². The first-order valence-corrected chi connectivity index (χ1v) is 25.0. The van der Waals surface area contributed by atoms with Crippen LogP contribution in [0, 0.1) is 22.7 Å². The van der Waals surface area contributed by atoms with Gasteiger partial charge in [-0.3, -0.25) is 33.1 Å². The Kier molecular flexibility index (Phi) is 19.2. The standard InChI is InChI=1S/C29H23ClF3N5O5.C27H19ClF3N5O5/c1-4-42-17(2)24-12-21(36-38(27(24)39)14-18-5-7-22(41-3)8-6-18)15-37-16-35-26(29(31,32)33)25(28(37)40)43-23-10-19(13-34)9-20(30)11-23;1-15(37)22-10-19(34-36(25(22)38)12-16-3-5-20(40-2)6-4-16)13-35-14-33-24(27(29,30)31)23(26(35)39)41-21-8-17(11-32)7-18(28)9-21/h5-12,16H,2,4,14-15H2,1,3H3;3-10,14H,12-13H2,1-2H3. The van der Waals surface area contributed by atoms with Gasteiger partial charge in [-0.1, -0.05) is 54.0 Å². The van der Waals surface area contributed by atoms with Crippen LogP contribution in [0.5, 0.6) is 34.5 Å². The van der Waals surface area contributed by atoms with Crippen LogP contribution in [0.2, 0.25) is 10.0 Å². The topological polar surface area (TPSA) is 250 Å². The molecule has 0 saturated heterocycles. The van der Waals surface area contributed by atoms with E-state index in [0.29, 0.717) is 35.3 Å². The minimum absolute atomic E-state index is 0.00287. The van der Waals surface area contributed by atoms with Crippen LogP contribution in [-0.4, -0.2) is 65.3 Å². The van der Waals surface area contributed by atoms with Crippen molar-refractivity contribution in [3.63, 3.8) is 0 Å². The number of benzene rings is 4. The highest BCUT2D eigenvalue weighted by atomic mass is 35.5. The van der Waals surface area contributed by atoms with Crippen LogP contribution in [0.3, 0.4) is 0 Å². The second kappa shape index (κ2) is 26.2. The van der Waals surface area contributed by atoms with Crippen LogP contribution < -0.4 is 41.2 Å². The molecular formula is C56H42Cl2F6N10O10. The summed E-state index contributed by atoms with van der Waals surface area (Å²) in [5.74, 6) is -2.18. The highest BCUT2D eigenvalue weighted by Gasteiger charge is 2.40. The molecule has 8 aromatic rings. The summed E-state index contributed by atoms with van der Waals surface area (Å²) in [4.78, 5) is 71.8. The Morgan fingerprint density at radius 2 is 0.976 bits per heavy atom. The van der Waals surface area contributed by atoms with E-state index in [1.165, 1.54) is 39.3 Å². The Morgan fingerprint density at radius 1 is 0.583 bits per heavy atom. The molecule has 0 unspecified atom stereocenters. The van der Waals surface area contributed by atoms with Crippen molar-refractivity contribution in [2.45, 2.75) is 52.4 Å². The van der Waals surface area contributed by atoms with Gasteiger partial charge in [-0.05, 0) is 97.8 Å². The number of alkyl halides is 6. The van der Waals surface area contributed by atoms with E-state index in [1.807, 2.05) is 6.07 Å². The number of hydrogen-bond donors (Lipinski definition) is 0. The van der Waals surface area contributed by atoms with Gasteiger partial charge in [-0.2, -0.15) is 47.1 Å². The van der Waals surface area contributed by atoms with Gasteiger partial charge in [-0.15, -0.1) is 0 Å². The molecule has 0 saturated carbocycles. The number of halogens is 8. The molecule has 0 atom stereocenters. The normalized spacial score (nSPS) is 11.1. The highest BCUT2D eigenvalue weighted by molar-refractivity contribution is 6.31. The first-order chi connectivity index (χ1) is 39.8. The fourth-order valence-electron chi connectivity index (χ4n) is 7.78. The molecule has 28 heteroatoms. The summed E-state index contributed by atoms with van der Waals surface area (Å²) in [5.41, 5.74) is -5.51. The molecular weight excluding hydrogens is 1160 g/mol. The molecule has 432 valence electrons. The molecule has 0 bridgehead atoms. The van der Waals surface area contributed by atoms with Gasteiger partial charge in [0.2, 0.25) is 11.5 Å². The Bertz CT molecular complexity index is 4160. The maximum atomic E-state index is 13.8. The van der Waals surface area contributed by atoms with Crippen molar-refractivity contribution in [2.75, 3.05) is 20.8 Å². The zero-order valence-electron chi connectivity index (χ0n) is 44.2. The highest BCUT2D eigenvalue weighted by Crippen LogP contribution is 2.37. The molecule has 8 rings (SSSR count). The average molecular weight is 1200 g/mol. The van der Waals surface area contributed by atoms with E-state index in [-0.39, 0.29) is 80.6 Å². The third-order valence-corrected chi connectivity index (χ3v) is 12.1. The van der Waals surface area contributed by atoms with E-state index in [2.05, 4.69) is 26.7 Å². The van der Waals surface area contributed by atoms with E-state index < -0.39 is 76.3 Å². The number of ketones is 1. The van der Waals surface area contributed by atoms with E-state index in [4.69, 9.17) is 52.1 Å². The van der Waals surface area contributed by atoms with Crippen molar-refractivity contribution < 1.29 is 54.8 Å². The fraction of sp³-hybridized carbons (Fsp3) is 0.196. The third-order valence-electron chi connectivity index (χ3n) is 11.7. The summed E-state index contributed by atoms with van der Waals surface area (Å²) >= 11 is 11.9. The third kappa shape index (κ3) is 15.1. The maximum Gasteiger partial charge on any atom is 0.437 e. The van der Waals surface area contributed by atoms with Crippen LogP contribution in [0.25, 0.3) is 5.76 Å². The molecule has 0 amide bonds. The molecule has 4 heterocycles. The number of Topliss-reactive ketones (excluding diaryl/α,β-unsaturated/α-hetero) is 1. The van der Waals surface area contributed by atoms with E-state index >= 15 is 0 Å². The predicted octanol–water partition coefficient (Wildman–Crippen LogP) is 9.69. The van der Waals surface area contributed by atoms with Crippen molar-refractivity contribution in [2.24, 2.45) is 0 Å². The van der Waals surface area contributed by atoms with Crippen LogP contribution in [0.4, 0.5) is 26.3 Å².